The van der Waals surface area contributed by atoms with Gasteiger partial charge in [0.1, 0.15) is 9.73 Å². The number of nitrogens with zero attached hydrogens (tertiary/aromatic N) is 2. The van der Waals surface area contributed by atoms with Crippen LogP contribution in [0.3, 0.4) is 0 Å². The normalized spacial score (nSPS) is 20.6. The molecule has 1 unspecified atom stereocenters. The summed E-state index contributed by atoms with van der Waals surface area (Å²) in [4.78, 5) is 8.07. The first-order chi connectivity index (χ1) is 8.92. The third kappa shape index (κ3) is 1.56. The molecule has 0 fully saturated rings. The van der Waals surface area contributed by atoms with E-state index in [9.17, 15) is 0 Å². The minimum atomic E-state index is 0.408. The van der Waals surface area contributed by atoms with E-state index < -0.39 is 0 Å². The lowest BCUT2D eigenvalue weighted by Gasteiger charge is -2.13. The van der Waals surface area contributed by atoms with E-state index in [1.54, 1.807) is 0 Å². The van der Waals surface area contributed by atoms with Gasteiger partial charge in [-0.1, -0.05) is 53.9 Å². The summed E-state index contributed by atoms with van der Waals surface area (Å²) < 4.78 is 0.408. The lowest BCUT2D eigenvalue weighted by atomic mass is 10.2. The van der Waals surface area contributed by atoms with Crippen LogP contribution in [0.15, 0.2) is 59.9 Å². The van der Waals surface area contributed by atoms with Crippen LogP contribution < -0.4 is 4.90 Å². The second-order valence-corrected chi connectivity index (χ2v) is 6.63. The molecule has 88 valence electrons. The molecule has 1 aromatic carbocycles. The predicted octanol–water partition coefficient (Wildman–Crippen LogP) is 4.02. The highest BCUT2D eigenvalue weighted by molar-refractivity contribution is 8.22. The Morgan fingerprint density at radius 2 is 1.89 bits per heavy atom. The number of fused-ring (bicyclic) bond motifs is 3. The Labute approximate surface area is 114 Å². The molecule has 1 atom stereocenters. The second kappa shape index (κ2) is 4.07. The number of pyridine rings is 1. The molecule has 0 N–H and O–H groups in total. The number of anilines is 1. The van der Waals surface area contributed by atoms with Crippen molar-refractivity contribution in [3.05, 3.63) is 60.4 Å². The molecule has 4 heteroatoms. The average Bonchev–Trinajstić information content (AvgIpc) is 2.97. The van der Waals surface area contributed by atoms with Gasteiger partial charge in [0.25, 0.3) is 0 Å². The molecule has 0 aliphatic carbocycles. The van der Waals surface area contributed by atoms with Gasteiger partial charge in [-0.2, -0.15) is 0 Å². The molecule has 3 heterocycles. The lowest BCUT2D eigenvalue weighted by Crippen LogP contribution is -2.14. The number of thioether (sulfide) groups is 2. The molecule has 0 radical (unpaired) electrons. The summed E-state index contributed by atoms with van der Waals surface area (Å²) in [5, 5.41) is 1.14. The summed E-state index contributed by atoms with van der Waals surface area (Å²) in [7, 11) is 0. The minimum absolute atomic E-state index is 0.408. The molecule has 2 nitrogen and oxygen atoms in total. The van der Waals surface area contributed by atoms with Crippen LogP contribution in [-0.2, 0) is 0 Å². The molecular weight excluding hydrogens is 260 g/mol. The van der Waals surface area contributed by atoms with Crippen molar-refractivity contribution < 1.29 is 0 Å². The van der Waals surface area contributed by atoms with E-state index in [-0.39, 0.29) is 0 Å². The highest BCUT2D eigenvalue weighted by Gasteiger charge is 2.35. The van der Waals surface area contributed by atoms with Gasteiger partial charge in [0, 0.05) is 17.3 Å². The van der Waals surface area contributed by atoms with Crippen molar-refractivity contribution in [1.29, 1.82) is 0 Å². The van der Waals surface area contributed by atoms with Crippen LogP contribution in [0.25, 0.3) is 4.91 Å². The van der Waals surface area contributed by atoms with Gasteiger partial charge in [0.05, 0.1) is 5.69 Å². The maximum absolute atomic E-state index is 4.42. The van der Waals surface area contributed by atoms with Crippen LogP contribution in [0.4, 0.5) is 5.69 Å². The first-order valence-corrected chi connectivity index (χ1v) is 7.52. The van der Waals surface area contributed by atoms with Crippen molar-refractivity contribution in [2.45, 2.75) is 9.73 Å². The Balaban J connectivity index is 1.74. The molecule has 0 saturated heterocycles. The van der Waals surface area contributed by atoms with Crippen LogP contribution in [0.2, 0.25) is 0 Å². The van der Waals surface area contributed by atoms with E-state index in [4.69, 9.17) is 0 Å². The van der Waals surface area contributed by atoms with E-state index in [1.165, 1.54) is 16.2 Å². The van der Waals surface area contributed by atoms with E-state index in [0.29, 0.717) is 4.71 Å². The summed E-state index contributed by atoms with van der Waals surface area (Å²) in [6.45, 7) is 0. The van der Waals surface area contributed by atoms with Crippen molar-refractivity contribution in [2.24, 2.45) is 0 Å². The molecule has 1 aromatic heterocycles. The fourth-order valence-electron chi connectivity index (χ4n) is 2.16. The number of hydrogen-bond acceptors (Lipinski definition) is 4. The number of hydrogen-bond donors (Lipinski definition) is 0. The summed E-state index contributed by atoms with van der Waals surface area (Å²) in [5.41, 5.74) is 2.52. The van der Waals surface area contributed by atoms with Gasteiger partial charge < -0.3 is 4.90 Å². The van der Waals surface area contributed by atoms with Gasteiger partial charge in [0.15, 0.2) is 0 Å². The Bertz CT molecular complexity index is 625. The van der Waals surface area contributed by atoms with E-state index in [2.05, 4.69) is 52.5 Å². The Morgan fingerprint density at radius 3 is 2.78 bits per heavy atom. The van der Waals surface area contributed by atoms with Gasteiger partial charge in [0.2, 0.25) is 0 Å². The van der Waals surface area contributed by atoms with Crippen LogP contribution in [0.5, 0.6) is 0 Å². The van der Waals surface area contributed by atoms with Crippen LogP contribution >= 0.6 is 23.5 Å². The zero-order valence-corrected chi connectivity index (χ0v) is 11.1. The summed E-state index contributed by atoms with van der Waals surface area (Å²) in [5.74, 6) is 0. The van der Waals surface area contributed by atoms with Crippen molar-refractivity contribution >= 4 is 34.1 Å². The zero-order chi connectivity index (χ0) is 11.9. The van der Waals surface area contributed by atoms with E-state index in [0.717, 1.165) is 5.03 Å². The molecule has 0 bridgehead atoms. The van der Waals surface area contributed by atoms with Crippen LogP contribution in [0.1, 0.15) is 5.56 Å². The third-order valence-electron chi connectivity index (χ3n) is 3.01. The summed E-state index contributed by atoms with van der Waals surface area (Å²) in [6.07, 6.45) is 4.10. The molecule has 2 aliphatic heterocycles. The van der Waals surface area contributed by atoms with Crippen LogP contribution in [0, 0.1) is 0 Å². The minimum Gasteiger partial charge on any atom is -0.322 e. The maximum atomic E-state index is 4.42. The Morgan fingerprint density at radius 1 is 1.00 bits per heavy atom. The number of benzene rings is 1. The van der Waals surface area contributed by atoms with Gasteiger partial charge >= 0.3 is 0 Å². The number of aromatic nitrogens is 1. The smallest absolute Gasteiger partial charge is 0.136 e. The van der Waals surface area contributed by atoms with Crippen LogP contribution in [-0.4, -0.2) is 9.69 Å². The van der Waals surface area contributed by atoms with E-state index >= 15 is 0 Å². The SMILES string of the molecule is C1=C(c2ccccc2)SC2Sc3ncccc3N12. The fraction of sp³-hybridized carbons (Fsp3) is 0.0714. The topological polar surface area (TPSA) is 16.1 Å². The highest BCUT2D eigenvalue weighted by atomic mass is 32.2. The van der Waals surface area contributed by atoms with Crippen molar-refractivity contribution in [3.8, 4) is 0 Å². The van der Waals surface area contributed by atoms with Gasteiger partial charge in [-0.3, -0.25) is 0 Å². The third-order valence-corrected chi connectivity index (χ3v) is 5.58. The molecule has 2 aliphatic rings. The maximum Gasteiger partial charge on any atom is 0.136 e. The van der Waals surface area contributed by atoms with Crippen molar-refractivity contribution in [1.82, 2.24) is 4.98 Å². The van der Waals surface area contributed by atoms with Gasteiger partial charge in [-0.05, 0) is 17.7 Å². The first kappa shape index (κ1) is 10.5. The quantitative estimate of drug-likeness (QED) is 0.777. The van der Waals surface area contributed by atoms with Gasteiger partial charge in [-0.25, -0.2) is 4.98 Å². The summed E-state index contributed by atoms with van der Waals surface area (Å²) in [6, 6.07) is 14.7. The molecule has 0 amide bonds. The molecule has 4 rings (SSSR count). The van der Waals surface area contributed by atoms with Crippen molar-refractivity contribution in [2.75, 3.05) is 4.90 Å². The van der Waals surface area contributed by atoms with Crippen molar-refractivity contribution in [3.63, 3.8) is 0 Å². The molecule has 0 spiro atoms. The second-order valence-electron chi connectivity index (χ2n) is 4.14. The first-order valence-electron chi connectivity index (χ1n) is 5.76. The Kier molecular flexibility index (Phi) is 2.38. The standard InChI is InChI=1S/C14H10N2S2/c1-2-5-10(6-3-1)12-9-16-11-7-4-8-15-13(11)18-14(16)17-12/h1-9,14H. The monoisotopic (exact) mass is 270 g/mol. The molecule has 18 heavy (non-hydrogen) atoms. The van der Waals surface area contributed by atoms with Gasteiger partial charge in [-0.15, -0.1) is 0 Å². The number of rotatable bonds is 1. The predicted molar refractivity (Wildman–Crippen MR) is 78.4 cm³/mol. The average molecular weight is 270 g/mol. The fourth-order valence-corrected chi connectivity index (χ4v) is 4.78. The zero-order valence-electron chi connectivity index (χ0n) is 9.48. The molecular formula is C14H10N2S2. The largest absolute Gasteiger partial charge is 0.322 e. The molecule has 0 saturated carbocycles. The Hall–Kier alpha value is -1.39. The summed E-state index contributed by atoms with van der Waals surface area (Å²) >= 11 is 3.73. The highest BCUT2D eigenvalue weighted by Crippen LogP contribution is 2.54. The molecule has 2 aromatic rings. The van der Waals surface area contributed by atoms with E-state index in [1.807, 2.05) is 35.8 Å². The lowest BCUT2D eigenvalue weighted by molar-refractivity contribution is 1.09.